The average Bonchev–Trinajstić information content (AvgIpc) is 3.19. The predicted octanol–water partition coefficient (Wildman–Crippen LogP) is 3.89. The van der Waals surface area contributed by atoms with Gasteiger partial charge in [-0.25, -0.2) is 0 Å². The first-order valence-electron chi connectivity index (χ1n) is 9.20. The summed E-state index contributed by atoms with van der Waals surface area (Å²) in [5.74, 6) is 2.71. The lowest BCUT2D eigenvalue weighted by atomic mass is 9.66. The molecule has 0 saturated heterocycles. The smallest absolute Gasteiger partial charge is 0.333 e. The molecule has 0 amide bonds. The van der Waals surface area contributed by atoms with Gasteiger partial charge in [0.25, 0.3) is 0 Å². The van der Waals surface area contributed by atoms with E-state index in [2.05, 4.69) is 35.3 Å². The van der Waals surface area contributed by atoms with Crippen LogP contribution in [0.2, 0.25) is 0 Å². The number of hydrogen-bond donors (Lipinski definition) is 0. The van der Waals surface area contributed by atoms with Gasteiger partial charge in [0.2, 0.25) is 0 Å². The van der Waals surface area contributed by atoms with Gasteiger partial charge in [-0.2, -0.15) is 9.98 Å². The number of guanidine groups is 1. The van der Waals surface area contributed by atoms with Gasteiger partial charge in [0, 0.05) is 11.6 Å². The summed E-state index contributed by atoms with van der Waals surface area (Å²) < 4.78 is -0.435. The molecule has 4 nitrogen and oxygen atoms in total. The summed E-state index contributed by atoms with van der Waals surface area (Å²) >= 11 is 0. The van der Waals surface area contributed by atoms with Gasteiger partial charge in [-0.1, -0.05) is 43.2 Å². The van der Waals surface area contributed by atoms with E-state index in [1.54, 1.807) is 12.4 Å². The molecular formula is C20H23N3O. The van der Waals surface area contributed by atoms with Crippen molar-refractivity contribution < 1.29 is 4.65 Å². The van der Waals surface area contributed by atoms with E-state index in [1.807, 2.05) is 0 Å². The zero-order valence-corrected chi connectivity index (χ0v) is 13.8. The highest BCUT2D eigenvalue weighted by molar-refractivity contribution is 6.00. The number of benzene rings is 1. The van der Waals surface area contributed by atoms with Gasteiger partial charge in [0.05, 0.1) is 18.7 Å². The summed E-state index contributed by atoms with van der Waals surface area (Å²) in [5.41, 5.74) is 2.65. The Balaban J connectivity index is 1.52. The van der Waals surface area contributed by atoms with Gasteiger partial charge in [-0.15, -0.1) is 0 Å². The molecule has 0 radical (unpaired) electrons. The van der Waals surface area contributed by atoms with Crippen molar-refractivity contribution >= 4 is 11.7 Å². The molecule has 2 aliphatic carbocycles. The van der Waals surface area contributed by atoms with Crippen LogP contribution in [-0.4, -0.2) is 22.9 Å². The zero-order valence-electron chi connectivity index (χ0n) is 13.8. The van der Waals surface area contributed by atoms with Crippen molar-refractivity contribution in [1.82, 2.24) is 0 Å². The predicted molar refractivity (Wildman–Crippen MR) is 95.1 cm³/mol. The largest absolute Gasteiger partial charge is 0.620 e. The first-order chi connectivity index (χ1) is 11.7. The van der Waals surface area contributed by atoms with Crippen LogP contribution in [-0.2, 0) is 6.42 Å². The Morgan fingerprint density at radius 2 is 2.04 bits per heavy atom. The topological polar surface area (TPSA) is 47.8 Å². The van der Waals surface area contributed by atoms with Crippen LogP contribution in [0.25, 0.3) is 0 Å². The lowest BCUT2D eigenvalue weighted by Gasteiger charge is -2.48. The van der Waals surface area contributed by atoms with Crippen molar-refractivity contribution in [3.63, 3.8) is 0 Å². The standard InChI is InChI=1S/C20H23N3O/c24-23-10-9-21-20(23)22-19-16(11-14-5-2-1-3-6-14)12-15-7-4-8-17(15)18(19)13-23/h1-3,5-6,9-10,15-18H,4,7-8,11-13H2. The number of nitrogens with zero attached hydrogens (tertiary/aromatic N) is 3. The SMILES string of the molecule is [O-][N+]12C=CN=C1N=C1C(Cc3ccccc3)CC3CCCC3C1C2. The van der Waals surface area contributed by atoms with Crippen molar-refractivity contribution in [3.05, 3.63) is 53.5 Å². The Hall–Kier alpha value is -1.78. The molecule has 2 fully saturated rings. The molecule has 1 aromatic carbocycles. The number of aliphatic imine (C=N–C) groups is 2. The molecule has 2 heterocycles. The summed E-state index contributed by atoms with van der Waals surface area (Å²) in [7, 11) is 0. The van der Waals surface area contributed by atoms with Gasteiger partial charge in [-0.3, -0.25) is 4.65 Å². The van der Waals surface area contributed by atoms with Crippen LogP contribution < -0.4 is 0 Å². The quantitative estimate of drug-likeness (QED) is 0.602. The number of hydroxylamine groups is 3. The monoisotopic (exact) mass is 321 g/mol. The highest BCUT2D eigenvalue weighted by Gasteiger charge is 2.50. The summed E-state index contributed by atoms with van der Waals surface area (Å²) in [6, 6.07) is 10.7. The highest BCUT2D eigenvalue weighted by atomic mass is 16.6. The fourth-order valence-corrected chi connectivity index (χ4v) is 5.42. The van der Waals surface area contributed by atoms with E-state index < -0.39 is 4.65 Å². The van der Waals surface area contributed by atoms with Crippen molar-refractivity contribution in [1.29, 1.82) is 0 Å². The molecule has 0 aromatic heterocycles. The van der Waals surface area contributed by atoms with Crippen LogP contribution in [0.15, 0.2) is 52.7 Å². The Labute approximate surface area is 142 Å². The van der Waals surface area contributed by atoms with Crippen LogP contribution in [0.5, 0.6) is 0 Å². The molecule has 124 valence electrons. The maximum absolute atomic E-state index is 13.0. The van der Waals surface area contributed by atoms with E-state index in [4.69, 9.17) is 4.99 Å². The van der Waals surface area contributed by atoms with E-state index in [0.717, 1.165) is 12.3 Å². The molecule has 24 heavy (non-hydrogen) atoms. The fraction of sp³-hybridized carbons (Fsp3) is 0.500. The Bertz CT molecular complexity index is 739. The number of quaternary nitrogens is 1. The van der Waals surface area contributed by atoms with Crippen molar-refractivity contribution in [2.24, 2.45) is 33.7 Å². The van der Waals surface area contributed by atoms with Crippen molar-refractivity contribution in [3.8, 4) is 0 Å². The van der Waals surface area contributed by atoms with Crippen LogP contribution in [0, 0.1) is 28.9 Å². The third-order valence-electron chi connectivity index (χ3n) is 6.48. The maximum atomic E-state index is 13.0. The number of rotatable bonds is 2. The molecular weight excluding hydrogens is 298 g/mol. The normalized spacial score (nSPS) is 39.7. The van der Waals surface area contributed by atoms with Crippen molar-refractivity contribution in [2.45, 2.75) is 32.1 Å². The molecule has 2 aliphatic heterocycles. The molecule has 0 N–H and O–H groups in total. The lowest BCUT2D eigenvalue weighted by molar-refractivity contribution is -0.737. The van der Waals surface area contributed by atoms with Gasteiger partial charge in [-0.05, 0) is 36.7 Å². The number of hydrogen-bond acceptors (Lipinski definition) is 3. The lowest BCUT2D eigenvalue weighted by Crippen LogP contribution is -2.55. The van der Waals surface area contributed by atoms with Gasteiger partial charge in [0.1, 0.15) is 6.20 Å². The van der Waals surface area contributed by atoms with Crippen LogP contribution in [0.1, 0.15) is 31.2 Å². The van der Waals surface area contributed by atoms with E-state index in [9.17, 15) is 5.21 Å². The van der Waals surface area contributed by atoms with E-state index in [0.29, 0.717) is 30.3 Å². The molecule has 0 bridgehead atoms. The van der Waals surface area contributed by atoms with E-state index in [1.165, 1.54) is 37.0 Å². The molecule has 0 spiro atoms. The van der Waals surface area contributed by atoms with E-state index >= 15 is 0 Å². The fourth-order valence-electron chi connectivity index (χ4n) is 5.42. The van der Waals surface area contributed by atoms with Gasteiger partial charge >= 0.3 is 5.96 Å². The second-order valence-corrected chi connectivity index (χ2v) is 7.83. The molecule has 1 aromatic rings. The highest BCUT2D eigenvalue weighted by Crippen LogP contribution is 2.49. The van der Waals surface area contributed by atoms with Crippen LogP contribution >= 0.6 is 0 Å². The van der Waals surface area contributed by atoms with Crippen LogP contribution in [0.3, 0.4) is 0 Å². The summed E-state index contributed by atoms with van der Waals surface area (Å²) in [4.78, 5) is 9.10. The summed E-state index contributed by atoms with van der Waals surface area (Å²) in [6.07, 6.45) is 9.49. The Morgan fingerprint density at radius 1 is 1.17 bits per heavy atom. The third kappa shape index (κ3) is 2.20. The molecule has 2 saturated carbocycles. The average molecular weight is 321 g/mol. The first kappa shape index (κ1) is 14.6. The van der Waals surface area contributed by atoms with Crippen molar-refractivity contribution in [2.75, 3.05) is 6.54 Å². The second-order valence-electron chi connectivity index (χ2n) is 7.83. The Morgan fingerprint density at radius 3 is 2.92 bits per heavy atom. The van der Waals surface area contributed by atoms with Crippen LogP contribution in [0.4, 0.5) is 0 Å². The summed E-state index contributed by atoms with van der Waals surface area (Å²) in [6.45, 7) is 0.612. The number of fused-ring (bicyclic) bond motifs is 4. The zero-order chi connectivity index (χ0) is 16.1. The Kier molecular flexibility index (Phi) is 3.25. The minimum Gasteiger partial charge on any atom is -0.620 e. The summed E-state index contributed by atoms with van der Waals surface area (Å²) in [5, 5.41) is 13.0. The molecule has 5 rings (SSSR count). The molecule has 4 aliphatic rings. The van der Waals surface area contributed by atoms with Gasteiger partial charge < -0.3 is 5.21 Å². The maximum Gasteiger partial charge on any atom is 0.333 e. The third-order valence-corrected chi connectivity index (χ3v) is 6.48. The minimum absolute atomic E-state index is 0.346. The van der Waals surface area contributed by atoms with E-state index in [-0.39, 0.29) is 0 Å². The molecule has 4 heteroatoms. The minimum atomic E-state index is -0.435. The molecule has 5 unspecified atom stereocenters. The first-order valence-corrected chi connectivity index (χ1v) is 9.20. The molecule has 5 atom stereocenters. The van der Waals surface area contributed by atoms with Gasteiger partial charge in [0.15, 0.2) is 0 Å². The second kappa shape index (κ2) is 5.36.